The summed E-state index contributed by atoms with van der Waals surface area (Å²) in [5.74, 6) is 0.755. The van der Waals surface area contributed by atoms with Crippen molar-refractivity contribution in [1.82, 2.24) is 20.2 Å². The van der Waals surface area contributed by atoms with Crippen molar-refractivity contribution >= 4 is 11.6 Å². The summed E-state index contributed by atoms with van der Waals surface area (Å²) in [4.78, 5) is 16.3. The average Bonchev–Trinajstić information content (AvgIpc) is 3.29. The van der Waals surface area contributed by atoms with Crippen LogP contribution in [0.25, 0.3) is 0 Å². The van der Waals surface area contributed by atoms with E-state index in [1.807, 2.05) is 25.5 Å². The second kappa shape index (κ2) is 9.35. The third-order valence-corrected chi connectivity index (χ3v) is 7.93. The minimum absolute atomic E-state index is 0.121. The Labute approximate surface area is 203 Å². The van der Waals surface area contributed by atoms with Crippen LogP contribution in [0, 0.1) is 0 Å². The van der Waals surface area contributed by atoms with Crippen molar-refractivity contribution in [2.24, 2.45) is 0 Å². The lowest BCUT2D eigenvalue weighted by atomic mass is 9.69. The van der Waals surface area contributed by atoms with E-state index in [4.69, 9.17) is 0 Å². The van der Waals surface area contributed by atoms with Gasteiger partial charge in [0.25, 0.3) is 0 Å². The Morgan fingerprint density at radius 1 is 0.853 bits per heavy atom. The number of rotatable bonds is 6. The largest absolute Gasteiger partial charge is 0.354 e. The highest BCUT2D eigenvalue weighted by Crippen LogP contribution is 2.46. The van der Waals surface area contributed by atoms with E-state index in [1.165, 1.54) is 11.1 Å². The van der Waals surface area contributed by atoms with E-state index in [0.717, 1.165) is 57.1 Å². The highest BCUT2D eigenvalue weighted by atomic mass is 15.3. The number of nitrogens with zero attached hydrogens (tertiary/aromatic N) is 5. The van der Waals surface area contributed by atoms with Crippen LogP contribution in [-0.4, -0.2) is 54.8 Å². The molecule has 1 aliphatic carbocycles. The summed E-state index contributed by atoms with van der Waals surface area (Å²) < 4.78 is 0. The first kappa shape index (κ1) is 22.8. The van der Waals surface area contributed by atoms with Crippen molar-refractivity contribution < 1.29 is 0 Å². The molecule has 5 rings (SSSR count). The summed E-state index contributed by atoms with van der Waals surface area (Å²) in [6, 6.07) is 21.5. The van der Waals surface area contributed by atoms with Crippen molar-refractivity contribution in [1.29, 1.82) is 0 Å². The van der Waals surface area contributed by atoms with Gasteiger partial charge < -0.3 is 9.80 Å². The second-order valence-electron chi connectivity index (χ2n) is 10.2. The zero-order valence-corrected chi connectivity index (χ0v) is 20.6. The lowest BCUT2D eigenvalue weighted by Crippen LogP contribution is -2.53. The average molecular weight is 457 g/mol. The van der Waals surface area contributed by atoms with Gasteiger partial charge in [0.05, 0.1) is 24.7 Å². The maximum absolute atomic E-state index is 4.68. The Morgan fingerprint density at radius 2 is 1.47 bits per heavy atom. The van der Waals surface area contributed by atoms with E-state index < -0.39 is 0 Å². The van der Waals surface area contributed by atoms with E-state index in [-0.39, 0.29) is 11.1 Å². The van der Waals surface area contributed by atoms with Crippen molar-refractivity contribution in [3.8, 4) is 0 Å². The van der Waals surface area contributed by atoms with Crippen molar-refractivity contribution in [2.75, 3.05) is 44.2 Å². The Kier molecular flexibility index (Phi) is 6.28. The van der Waals surface area contributed by atoms with Gasteiger partial charge in [0.2, 0.25) is 5.95 Å². The van der Waals surface area contributed by atoms with Gasteiger partial charge in [0.1, 0.15) is 0 Å². The van der Waals surface area contributed by atoms with Crippen LogP contribution in [0.3, 0.4) is 0 Å². The van der Waals surface area contributed by atoms with Gasteiger partial charge in [-0.15, -0.1) is 0 Å². The first-order chi connectivity index (χ1) is 16.5. The first-order valence-electron chi connectivity index (χ1n) is 12.3. The fourth-order valence-corrected chi connectivity index (χ4v) is 5.75. The molecule has 34 heavy (non-hydrogen) atoms. The zero-order chi connectivity index (χ0) is 23.6. The quantitative estimate of drug-likeness (QED) is 0.598. The van der Waals surface area contributed by atoms with Crippen molar-refractivity contribution in [3.05, 3.63) is 84.2 Å². The Morgan fingerprint density at radius 3 is 2.09 bits per heavy atom. The molecule has 2 aromatic carbocycles. The summed E-state index contributed by atoms with van der Waals surface area (Å²) in [6.45, 7) is 2.65. The molecule has 1 spiro atoms. The maximum atomic E-state index is 4.68. The SMILES string of the molecule is CN(Cc1ccccc1)c1ncc(N2CNC3(CCC(c4ccccc4)(N(C)C)CC3)C2)cn1. The zero-order valence-electron chi connectivity index (χ0n) is 20.6. The molecule has 178 valence electrons. The van der Waals surface area contributed by atoms with Gasteiger partial charge >= 0.3 is 0 Å². The van der Waals surface area contributed by atoms with E-state index in [1.54, 1.807) is 0 Å². The maximum Gasteiger partial charge on any atom is 0.225 e. The molecule has 0 unspecified atom stereocenters. The molecule has 1 aliphatic heterocycles. The molecule has 0 bridgehead atoms. The summed E-state index contributed by atoms with van der Waals surface area (Å²) in [5, 5.41) is 3.86. The molecule has 6 heteroatoms. The van der Waals surface area contributed by atoms with Gasteiger partial charge in [-0.1, -0.05) is 60.7 Å². The van der Waals surface area contributed by atoms with Crippen LogP contribution in [0.5, 0.6) is 0 Å². The van der Waals surface area contributed by atoms with Crippen LogP contribution in [0.2, 0.25) is 0 Å². The molecule has 1 saturated heterocycles. The van der Waals surface area contributed by atoms with Crippen LogP contribution in [-0.2, 0) is 12.1 Å². The summed E-state index contributed by atoms with van der Waals surface area (Å²) in [5.41, 5.74) is 4.07. The summed E-state index contributed by atoms with van der Waals surface area (Å²) >= 11 is 0. The number of hydrogen-bond donors (Lipinski definition) is 1. The Balaban J connectivity index is 1.23. The summed E-state index contributed by atoms with van der Waals surface area (Å²) in [6.07, 6.45) is 8.59. The molecule has 2 fully saturated rings. The molecular formula is C28H36N6. The van der Waals surface area contributed by atoms with Crippen LogP contribution in [0.1, 0.15) is 36.8 Å². The molecule has 0 atom stereocenters. The molecule has 0 radical (unpaired) electrons. The topological polar surface area (TPSA) is 47.5 Å². The van der Waals surface area contributed by atoms with Gasteiger partial charge in [-0.2, -0.15) is 0 Å². The predicted octanol–water partition coefficient (Wildman–Crippen LogP) is 4.25. The Bertz CT molecular complexity index is 1060. The van der Waals surface area contributed by atoms with Crippen molar-refractivity contribution in [3.63, 3.8) is 0 Å². The summed E-state index contributed by atoms with van der Waals surface area (Å²) in [7, 11) is 6.50. The number of hydrogen-bond acceptors (Lipinski definition) is 6. The molecule has 0 amide bonds. The van der Waals surface area contributed by atoms with E-state index in [9.17, 15) is 0 Å². The molecule has 1 saturated carbocycles. The molecule has 1 N–H and O–H groups in total. The van der Waals surface area contributed by atoms with E-state index in [2.05, 4.69) is 98.7 Å². The number of aromatic nitrogens is 2. The van der Waals surface area contributed by atoms with Gasteiger partial charge in [0.15, 0.2) is 0 Å². The lowest BCUT2D eigenvalue weighted by Gasteiger charge is -2.49. The van der Waals surface area contributed by atoms with Crippen LogP contribution in [0.4, 0.5) is 11.6 Å². The smallest absolute Gasteiger partial charge is 0.225 e. The number of benzene rings is 2. The molecule has 2 heterocycles. The fraction of sp³-hybridized carbons (Fsp3) is 0.429. The van der Waals surface area contributed by atoms with Crippen LogP contribution >= 0.6 is 0 Å². The molecule has 1 aromatic heterocycles. The van der Waals surface area contributed by atoms with Gasteiger partial charge in [0, 0.05) is 31.2 Å². The second-order valence-corrected chi connectivity index (χ2v) is 10.2. The van der Waals surface area contributed by atoms with Gasteiger partial charge in [-0.25, -0.2) is 9.97 Å². The normalized spacial score (nSPS) is 24.6. The number of nitrogens with one attached hydrogen (secondary N) is 1. The highest BCUT2D eigenvalue weighted by Gasteiger charge is 2.47. The third-order valence-electron chi connectivity index (χ3n) is 7.93. The van der Waals surface area contributed by atoms with Gasteiger partial charge in [-0.3, -0.25) is 10.2 Å². The lowest BCUT2D eigenvalue weighted by molar-refractivity contribution is 0.0646. The fourth-order valence-electron chi connectivity index (χ4n) is 5.75. The Hall–Kier alpha value is -2.96. The predicted molar refractivity (Wildman–Crippen MR) is 139 cm³/mol. The van der Waals surface area contributed by atoms with E-state index >= 15 is 0 Å². The minimum Gasteiger partial charge on any atom is -0.354 e. The third kappa shape index (κ3) is 4.40. The molecule has 3 aromatic rings. The standard InChI is InChI=1S/C28H36N6/c1-32(2)28(24-12-8-5-9-13-24)16-14-27(15-17-28)21-34(22-31-27)25-18-29-26(30-19-25)33(3)20-23-10-6-4-7-11-23/h4-13,18-19,31H,14-17,20-22H2,1-3H3. The van der Waals surface area contributed by atoms with E-state index in [0.29, 0.717) is 0 Å². The van der Waals surface area contributed by atoms with Crippen LogP contribution in [0.15, 0.2) is 73.1 Å². The monoisotopic (exact) mass is 456 g/mol. The number of anilines is 2. The highest BCUT2D eigenvalue weighted by molar-refractivity contribution is 5.47. The van der Waals surface area contributed by atoms with Crippen molar-refractivity contribution in [2.45, 2.75) is 43.3 Å². The molecule has 2 aliphatic rings. The molecular weight excluding hydrogens is 420 g/mol. The molecule has 6 nitrogen and oxygen atoms in total. The first-order valence-corrected chi connectivity index (χ1v) is 12.3. The minimum atomic E-state index is 0.121. The van der Waals surface area contributed by atoms with Gasteiger partial charge in [-0.05, 0) is 50.9 Å². The van der Waals surface area contributed by atoms with Crippen LogP contribution < -0.4 is 15.1 Å².